The Balaban J connectivity index is 2.24. The van der Waals surface area contributed by atoms with Crippen LogP contribution < -0.4 is 10.8 Å². The van der Waals surface area contributed by atoms with E-state index in [1.165, 1.54) is 5.06 Å². The van der Waals surface area contributed by atoms with Gasteiger partial charge in [0.1, 0.15) is 0 Å². The van der Waals surface area contributed by atoms with Crippen LogP contribution in [0, 0.1) is 6.92 Å². The van der Waals surface area contributed by atoms with Gasteiger partial charge in [0.05, 0.1) is 19.1 Å². The number of benzene rings is 1. The largest absolute Gasteiger partial charge is 0.466 e. The predicted molar refractivity (Wildman–Crippen MR) is 109 cm³/mol. The summed E-state index contributed by atoms with van der Waals surface area (Å²) in [6.45, 7) is 8.06. The van der Waals surface area contributed by atoms with E-state index in [1.54, 1.807) is 6.92 Å². The lowest BCUT2D eigenvalue weighted by atomic mass is 10.0. The molecule has 7 nitrogen and oxygen atoms in total. The molecule has 7 heteroatoms. The topological polar surface area (TPSA) is 102 Å². The molecule has 0 radical (unpaired) electrons. The standard InChI is InChI=1S/C21H30N4O3/c1-5-7-14(3)25(27)20-18(15(4)23-21(22)24-20)12-16-8-10-17(11-9-16)13-19(26)28-6-2/h8-11,14,27H,5-7,12-13H2,1-4H3,(H2,22,23,24). The van der Waals surface area contributed by atoms with Crippen molar-refractivity contribution in [3.8, 4) is 0 Å². The van der Waals surface area contributed by atoms with Crippen LogP contribution in [0.1, 0.15) is 56.0 Å². The smallest absolute Gasteiger partial charge is 0.310 e. The number of aryl methyl sites for hydroxylation is 1. The summed E-state index contributed by atoms with van der Waals surface area (Å²) in [7, 11) is 0. The Morgan fingerprint density at radius 1 is 1.21 bits per heavy atom. The fraction of sp³-hybridized carbons (Fsp3) is 0.476. The number of anilines is 2. The van der Waals surface area contributed by atoms with Crippen molar-refractivity contribution < 1.29 is 14.7 Å². The molecule has 0 aliphatic heterocycles. The average molecular weight is 386 g/mol. The maximum atomic E-state index is 11.6. The van der Waals surface area contributed by atoms with Crippen LogP contribution >= 0.6 is 0 Å². The van der Waals surface area contributed by atoms with Gasteiger partial charge in [0.15, 0.2) is 5.82 Å². The average Bonchev–Trinajstić information content (AvgIpc) is 2.65. The number of ether oxygens (including phenoxy) is 1. The molecule has 28 heavy (non-hydrogen) atoms. The molecule has 1 aromatic heterocycles. The van der Waals surface area contributed by atoms with E-state index < -0.39 is 0 Å². The summed E-state index contributed by atoms with van der Waals surface area (Å²) in [5.74, 6) is 0.353. The van der Waals surface area contributed by atoms with Crippen LogP contribution in [-0.2, 0) is 22.4 Å². The first-order valence-corrected chi connectivity index (χ1v) is 9.70. The van der Waals surface area contributed by atoms with Gasteiger partial charge in [-0.1, -0.05) is 37.6 Å². The summed E-state index contributed by atoms with van der Waals surface area (Å²) in [4.78, 5) is 20.2. The van der Waals surface area contributed by atoms with Crippen LogP contribution in [-0.4, -0.2) is 33.8 Å². The molecule has 1 aromatic carbocycles. The number of hydrogen-bond acceptors (Lipinski definition) is 7. The minimum Gasteiger partial charge on any atom is -0.466 e. The molecule has 0 spiro atoms. The van der Waals surface area contributed by atoms with Gasteiger partial charge in [-0.15, -0.1) is 0 Å². The number of esters is 1. The Hall–Kier alpha value is -2.67. The Bertz CT molecular complexity index is 793. The molecule has 1 heterocycles. The summed E-state index contributed by atoms with van der Waals surface area (Å²) in [6, 6.07) is 7.67. The fourth-order valence-corrected chi connectivity index (χ4v) is 3.11. The Labute approximate surface area is 166 Å². The lowest BCUT2D eigenvalue weighted by Gasteiger charge is -2.26. The van der Waals surface area contributed by atoms with E-state index in [0.29, 0.717) is 18.8 Å². The minimum absolute atomic E-state index is 0.0793. The van der Waals surface area contributed by atoms with Gasteiger partial charge in [-0.25, -0.2) is 10.0 Å². The second-order valence-corrected chi connectivity index (χ2v) is 6.93. The molecule has 1 unspecified atom stereocenters. The van der Waals surface area contributed by atoms with E-state index in [2.05, 4.69) is 16.9 Å². The van der Waals surface area contributed by atoms with E-state index >= 15 is 0 Å². The molecule has 0 amide bonds. The summed E-state index contributed by atoms with van der Waals surface area (Å²) in [5.41, 5.74) is 9.31. The minimum atomic E-state index is -0.235. The highest BCUT2D eigenvalue weighted by Crippen LogP contribution is 2.26. The summed E-state index contributed by atoms with van der Waals surface area (Å²) < 4.78 is 4.98. The molecule has 1 atom stereocenters. The third kappa shape index (κ3) is 5.66. The number of nitrogens with two attached hydrogens (primary N) is 1. The first-order valence-electron chi connectivity index (χ1n) is 9.70. The number of rotatable bonds is 9. The van der Waals surface area contributed by atoms with Crippen LogP contribution in [0.5, 0.6) is 0 Å². The van der Waals surface area contributed by atoms with Crippen LogP contribution in [0.25, 0.3) is 0 Å². The van der Waals surface area contributed by atoms with Gasteiger partial charge in [0, 0.05) is 17.7 Å². The maximum Gasteiger partial charge on any atom is 0.310 e. The van der Waals surface area contributed by atoms with Crippen LogP contribution in [0.2, 0.25) is 0 Å². The molecule has 2 aromatic rings. The van der Waals surface area contributed by atoms with Gasteiger partial charge in [-0.05, 0) is 38.3 Å². The van der Waals surface area contributed by atoms with E-state index in [9.17, 15) is 10.0 Å². The van der Waals surface area contributed by atoms with Gasteiger partial charge in [-0.2, -0.15) is 4.98 Å². The SMILES string of the molecule is CCCC(C)N(O)c1nc(N)nc(C)c1Cc1ccc(CC(=O)OCC)cc1. The zero-order chi connectivity index (χ0) is 20.7. The highest BCUT2D eigenvalue weighted by Gasteiger charge is 2.20. The van der Waals surface area contributed by atoms with Crippen LogP contribution in [0.3, 0.4) is 0 Å². The molecule has 0 aliphatic rings. The number of nitrogen functional groups attached to an aromatic ring is 1. The zero-order valence-electron chi connectivity index (χ0n) is 17.1. The summed E-state index contributed by atoms with van der Waals surface area (Å²) >= 11 is 0. The van der Waals surface area contributed by atoms with E-state index in [-0.39, 0.29) is 24.4 Å². The van der Waals surface area contributed by atoms with Crippen molar-refractivity contribution in [1.29, 1.82) is 0 Å². The van der Waals surface area contributed by atoms with Crippen molar-refractivity contribution in [2.75, 3.05) is 17.4 Å². The normalized spacial score (nSPS) is 11.9. The van der Waals surface area contributed by atoms with Crippen molar-refractivity contribution in [1.82, 2.24) is 9.97 Å². The van der Waals surface area contributed by atoms with Gasteiger partial charge >= 0.3 is 5.97 Å². The number of hydrogen-bond donors (Lipinski definition) is 2. The monoisotopic (exact) mass is 386 g/mol. The maximum absolute atomic E-state index is 11.6. The quantitative estimate of drug-likeness (QED) is 0.503. The molecule has 2 rings (SSSR count). The van der Waals surface area contributed by atoms with Gasteiger partial charge < -0.3 is 10.5 Å². The third-order valence-electron chi connectivity index (χ3n) is 4.61. The molecule has 0 aliphatic carbocycles. The van der Waals surface area contributed by atoms with E-state index in [4.69, 9.17) is 10.5 Å². The molecular formula is C21H30N4O3. The number of carbonyl (C=O) groups is 1. The van der Waals surface area contributed by atoms with Gasteiger partial charge in [-0.3, -0.25) is 10.0 Å². The second-order valence-electron chi connectivity index (χ2n) is 6.93. The fourth-order valence-electron chi connectivity index (χ4n) is 3.11. The first-order chi connectivity index (χ1) is 13.3. The Kier molecular flexibility index (Phi) is 7.75. The number of aromatic nitrogens is 2. The first kappa shape index (κ1) is 21.6. The molecule has 152 valence electrons. The van der Waals surface area contributed by atoms with Crippen LogP contribution in [0.15, 0.2) is 24.3 Å². The lowest BCUT2D eigenvalue weighted by Crippen LogP contribution is -2.31. The summed E-state index contributed by atoms with van der Waals surface area (Å²) in [6.07, 6.45) is 2.59. The van der Waals surface area contributed by atoms with Crippen molar-refractivity contribution in [3.05, 3.63) is 46.6 Å². The lowest BCUT2D eigenvalue weighted by molar-refractivity contribution is -0.142. The highest BCUT2D eigenvalue weighted by molar-refractivity contribution is 5.72. The number of hydroxylamine groups is 1. The molecule has 0 saturated carbocycles. The zero-order valence-corrected chi connectivity index (χ0v) is 17.1. The number of nitrogens with zero attached hydrogens (tertiary/aromatic N) is 3. The molecule has 0 saturated heterocycles. The molecule has 0 fully saturated rings. The summed E-state index contributed by atoms with van der Waals surface area (Å²) in [5, 5.41) is 11.9. The van der Waals surface area contributed by atoms with E-state index in [1.807, 2.05) is 38.1 Å². The predicted octanol–water partition coefficient (Wildman–Crippen LogP) is 3.45. The Morgan fingerprint density at radius 2 is 1.86 bits per heavy atom. The molecule has 3 N–H and O–H groups in total. The van der Waals surface area contributed by atoms with Crippen LogP contribution in [0.4, 0.5) is 11.8 Å². The van der Waals surface area contributed by atoms with Crippen molar-refractivity contribution >= 4 is 17.7 Å². The van der Waals surface area contributed by atoms with Gasteiger partial charge in [0.2, 0.25) is 5.95 Å². The third-order valence-corrected chi connectivity index (χ3v) is 4.61. The van der Waals surface area contributed by atoms with Crippen molar-refractivity contribution in [2.45, 2.75) is 59.4 Å². The van der Waals surface area contributed by atoms with Crippen molar-refractivity contribution in [3.63, 3.8) is 0 Å². The number of carbonyl (C=O) groups excluding carboxylic acids is 1. The Morgan fingerprint density at radius 3 is 2.46 bits per heavy atom. The molecule has 0 bridgehead atoms. The second kappa shape index (κ2) is 10.0. The molecular weight excluding hydrogens is 356 g/mol. The van der Waals surface area contributed by atoms with E-state index in [0.717, 1.165) is 35.2 Å². The van der Waals surface area contributed by atoms with Gasteiger partial charge in [0.25, 0.3) is 0 Å². The van der Waals surface area contributed by atoms with Crippen molar-refractivity contribution in [2.24, 2.45) is 0 Å². The highest BCUT2D eigenvalue weighted by atomic mass is 16.5.